The SMILES string of the molecule is COC(=O)c1cc(CCS)oc1C. The number of ether oxygens (including phenoxy) is 1. The van der Waals surface area contributed by atoms with Gasteiger partial charge in [-0.3, -0.25) is 0 Å². The molecular formula is C9H12O3S. The molecule has 0 fully saturated rings. The molecule has 1 rings (SSSR count). The summed E-state index contributed by atoms with van der Waals surface area (Å²) in [5.74, 6) is 1.72. The Morgan fingerprint density at radius 1 is 1.69 bits per heavy atom. The predicted octanol–water partition coefficient (Wildman–Crippen LogP) is 1.85. The summed E-state index contributed by atoms with van der Waals surface area (Å²) in [5.41, 5.74) is 0.499. The van der Waals surface area contributed by atoms with Gasteiger partial charge in [-0.05, 0) is 18.7 Å². The number of hydrogen-bond donors (Lipinski definition) is 1. The Hall–Kier alpha value is -0.900. The lowest BCUT2D eigenvalue weighted by Gasteiger charge is -1.93. The van der Waals surface area contributed by atoms with Crippen LogP contribution in [-0.2, 0) is 11.2 Å². The molecule has 72 valence electrons. The Balaban J connectivity index is 2.89. The molecular weight excluding hydrogens is 188 g/mol. The highest BCUT2D eigenvalue weighted by molar-refractivity contribution is 7.80. The Kier molecular flexibility index (Phi) is 3.42. The largest absolute Gasteiger partial charge is 0.465 e. The second-order valence-electron chi connectivity index (χ2n) is 2.65. The van der Waals surface area contributed by atoms with Gasteiger partial charge in [0.15, 0.2) is 0 Å². The Morgan fingerprint density at radius 2 is 2.38 bits per heavy atom. The average Bonchev–Trinajstić information content (AvgIpc) is 2.46. The Labute approximate surface area is 82.5 Å². The summed E-state index contributed by atoms with van der Waals surface area (Å²) in [4.78, 5) is 11.2. The van der Waals surface area contributed by atoms with Gasteiger partial charge >= 0.3 is 5.97 Å². The summed E-state index contributed by atoms with van der Waals surface area (Å²) < 4.78 is 9.92. The van der Waals surface area contributed by atoms with E-state index in [-0.39, 0.29) is 5.97 Å². The van der Waals surface area contributed by atoms with E-state index in [0.29, 0.717) is 17.1 Å². The van der Waals surface area contributed by atoms with Crippen molar-refractivity contribution < 1.29 is 13.9 Å². The number of rotatable bonds is 3. The van der Waals surface area contributed by atoms with Gasteiger partial charge in [0.25, 0.3) is 0 Å². The third kappa shape index (κ3) is 2.28. The molecule has 0 bridgehead atoms. The zero-order chi connectivity index (χ0) is 9.84. The fourth-order valence-electron chi connectivity index (χ4n) is 1.09. The van der Waals surface area contributed by atoms with Crippen LogP contribution in [0.5, 0.6) is 0 Å². The monoisotopic (exact) mass is 200 g/mol. The normalized spacial score (nSPS) is 10.1. The molecule has 4 heteroatoms. The summed E-state index contributed by atoms with van der Waals surface area (Å²) in [6.45, 7) is 1.74. The minimum Gasteiger partial charge on any atom is -0.465 e. The third-order valence-corrected chi connectivity index (χ3v) is 1.96. The number of methoxy groups -OCH3 is 1. The first-order chi connectivity index (χ1) is 6.19. The zero-order valence-corrected chi connectivity index (χ0v) is 8.56. The lowest BCUT2D eigenvalue weighted by Crippen LogP contribution is -2.00. The van der Waals surface area contributed by atoms with Crippen molar-refractivity contribution >= 4 is 18.6 Å². The number of aryl methyl sites for hydroxylation is 2. The molecule has 0 saturated carbocycles. The van der Waals surface area contributed by atoms with Gasteiger partial charge in [0.1, 0.15) is 17.1 Å². The molecule has 1 aromatic heterocycles. The standard InChI is InChI=1S/C9H12O3S/c1-6-8(9(10)11-2)5-7(12-6)3-4-13/h5,13H,3-4H2,1-2H3. The van der Waals surface area contributed by atoms with Crippen LogP contribution in [0.2, 0.25) is 0 Å². The first-order valence-corrected chi connectivity index (χ1v) is 4.60. The van der Waals surface area contributed by atoms with Crippen molar-refractivity contribution in [2.75, 3.05) is 12.9 Å². The van der Waals surface area contributed by atoms with Crippen LogP contribution in [-0.4, -0.2) is 18.8 Å². The molecule has 13 heavy (non-hydrogen) atoms. The van der Waals surface area contributed by atoms with E-state index in [4.69, 9.17) is 4.42 Å². The van der Waals surface area contributed by atoms with Crippen molar-refractivity contribution in [3.05, 3.63) is 23.2 Å². The quantitative estimate of drug-likeness (QED) is 0.598. The van der Waals surface area contributed by atoms with Crippen LogP contribution >= 0.6 is 12.6 Å². The van der Waals surface area contributed by atoms with E-state index in [2.05, 4.69) is 17.4 Å². The van der Waals surface area contributed by atoms with Crippen LogP contribution in [0.25, 0.3) is 0 Å². The van der Waals surface area contributed by atoms with Crippen molar-refractivity contribution in [2.24, 2.45) is 0 Å². The van der Waals surface area contributed by atoms with Crippen LogP contribution in [0.4, 0.5) is 0 Å². The molecule has 0 N–H and O–H groups in total. The molecule has 0 unspecified atom stereocenters. The maximum Gasteiger partial charge on any atom is 0.341 e. The summed E-state index contributed by atoms with van der Waals surface area (Å²) in [6.07, 6.45) is 0.723. The van der Waals surface area contributed by atoms with E-state index < -0.39 is 0 Å². The van der Waals surface area contributed by atoms with Crippen molar-refractivity contribution in [3.8, 4) is 0 Å². The van der Waals surface area contributed by atoms with Gasteiger partial charge in [-0.2, -0.15) is 12.6 Å². The highest BCUT2D eigenvalue weighted by Crippen LogP contribution is 2.16. The lowest BCUT2D eigenvalue weighted by atomic mass is 10.2. The Bertz CT molecular complexity index is 304. The van der Waals surface area contributed by atoms with Crippen molar-refractivity contribution in [1.29, 1.82) is 0 Å². The van der Waals surface area contributed by atoms with Crippen molar-refractivity contribution in [3.63, 3.8) is 0 Å². The van der Waals surface area contributed by atoms with Crippen molar-refractivity contribution in [2.45, 2.75) is 13.3 Å². The summed E-state index contributed by atoms with van der Waals surface area (Å²) in [6, 6.07) is 1.71. The fraction of sp³-hybridized carbons (Fsp3) is 0.444. The van der Waals surface area contributed by atoms with Crippen LogP contribution in [0.3, 0.4) is 0 Å². The summed E-state index contributed by atoms with van der Waals surface area (Å²) in [5, 5.41) is 0. The molecule has 0 aliphatic carbocycles. The van der Waals surface area contributed by atoms with Crippen LogP contribution in [0, 0.1) is 6.92 Å². The fourth-order valence-corrected chi connectivity index (χ4v) is 1.31. The molecule has 0 aliphatic heterocycles. The van der Waals surface area contributed by atoms with E-state index in [1.807, 2.05) is 0 Å². The molecule has 3 nitrogen and oxygen atoms in total. The molecule has 0 amide bonds. The van der Waals surface area contributed by atoms with Crippen LogP contribution < -0.4 is 0 Å². The molecule has 1 aromatic rings. The number of carbonyl (C=O) groups is 1. The lowest BCUT2D eigenvalue weighted by molar-refractivity contribution is 0.0599. The van der Waals surface area contributed by atoms with Gasteiger partial charge in [0.05, 0.1) is 7.11 Å². The zero-order valence-electron chi connectivity index (χ0n) is 7.66. The van der Waals surface area contributed by atoms with E-state index in [1.54, 1.807) is 13.0 Å². The highest BCUT2D eigenvalue weighted by atomic mass is 32.1. The predicted molar refractivity (Wildman–Crippen MR) is 52.3 cm³/mol. The van der Waals surface area contributed by atoms with Crippen LogP contribution in [0.15, 0.2) is 10.5 Å². The first-order valence-electron chi connectivity index (χ1n) is 3.97. The molecule has 0 saturated heterocycles. The van der Waals surface area contributed by atoms with Gasteiger partial charge < -0.3 is 9.15 Å². The number of hydrogen-bond acceptors (Lipinski definition) is 4. The van der Waals surface area contributed by atoms with Gasteiger partial charge in [0.2, 0.25) is 0 Å². The average molecular weight is 200 g/mol. The minimum absolute atomic E-state index is 0.355. The maximum atomic E-state index is 11.2. The second-order valence-corrected chi connectivity index (χ2v) is 3.09. The molecule has 0 aliphatic rings. The van der Waals surface area contributed by atoms with E-state index >= 15 is 0 Å². The van der Waals surface area contributed by atoms with Gasteiger partial charge in [-0.25, -0.2) is 4.79 Å². The molecule has 0 atom stereocenters. The van der Waals surface area contributed by atoms with E-state index in [9.17, 15) is 4.79 Å². The minimum atomic E-state index is -0.355. The van der Waals surface area contributed by atoms with Crippen molar-refractivity contribution in [1.82, 2.24) is 0 Å². The maximum absolute atomic E-state index is 11.2. The summed E-state index contributed by atoms with van der Waals surface area (Å²) in [7, 11) is 1.35. The number of carbonyl (C=O) groups excluding carboxylic acids is 1. The smallest absolute Gasteiger partial charge is 0.341 e. The molecule has 0 radical (unpaired) electrons. The number of thiol groups is 1. The molecule has 1 heterocycles. The second kappa shape index (κ2) is 4.37. The van der Waals surface area contributed by atoms with Crippen LogP contribution in [0.1, 0.15) is 21.9 Å². The van der Waals surface area contributed by atoms with Gasteiger partial charge in [0, 0.05) is 6.42 Å². The third-order valence-electron chi connectivity index (χ3n) is 1.73. The van der Waals surface area contributed by atoms with Gasteiger partial charge in [-0.1, -0.05) is 0 Å². The van der Waals surface area contributed by atoms with Gasteiger partial charge in [-0.15, -0.1) is 0 Å². The number of furan rings is 1. The summed E-state index contributed by atoms with van der Waals surface area (Å²) >= 11 is 4.07. The molecule has 0 aromatic carbocycles. The van der Waals surface area contributed by atoms with E-state index in [0.717, 1.165) is 12.2 Å². The Morgan fingerprint density at radius 3 is 2.92 bits per heavy atom. The highest BCUT2D eigenvalue weighted by Gasteiger charge is 2.14. The first kappa shape index (κ1) is 10.2. The topological polar surface area (TPSA) is 39.4 Å². The molecule has 0 spiro atoms. The van der Waals surface area contributed by atoms with E-state index in [1.165, 1.54) is 7.11 Å². The number of esters is 1.